The van der Waals surface area contributed by atoms with Gasteiger partial charge in [-0.1, -0.05) is 5.16 Å². The number of amides is 1. The molecule has 3 aromatic heterocycles. The predicted molar refractivity (Wildman–Crippen MR) is 81.9 cm³/mol. The van der Waals surface area contributed by atoms with E-state index in [9.17, 15) is 4.79 Å². The molecule has 0 aliphatic carbocycles. The molecular weight excluding hydrogens is 282 g/mol. The van der Waals surface area contributed by atoms with E-state index in [1.165, 1.54) is 0 Å². The summed E-state index contributed by atoms with van der Waals surface area (Å²) in [5.41, 5.74) is 4.03. The van der Waals surface area contributed by atoms with Crippen LogP contribution in [0.15, 0.2) is 10.6 Å². The molecule has 0 bridgehead atoms. The molecule has 0 unspecified atom stereocenters. The monoisotopic (exact) mass is 299 g/mol. The fraction of sp³-hybridized carbons (Fsp3) is 0.333. The fourth-order valence-corrected chi connectivity index (χ4v) is 2.59. The summed E-state index contributed by atoms with van der Waals surface area (Å²) in [7, 11) is 1.82. The number of pyridine rings is 1. The quantitative estimate of drug-likeness (QED) is 0.785. The van der Waals surface area contributed by atoms with Gasteiger partial charge in [-0.05, 0) is 33.8 Å². The molecule has 114 valence electrons. The Bertz CT molecular complexity index is 872. The standard InChI is InChI=1S/C15H17N5O2/c1-7-6-11(12-8(2)18-20(5)14(12)16-7)15(21)17-13-9(3)19-22-10(13)4/h6H,1-5H3,(H,17,21). The summed E-state index contributed by atoms with van der Waals surface area (Å²) >= 11 is 0. The van der Waals surface area contributed by atoms with Crippen LogP contribution in [0.4, 0.5) is 5.69 Å². The average molecular weight is 299 g/mol. The molecule has 0 atom stereocenters. The van der Waals surface area contributed by atoms with Crippen LogP contribution in [0.25, 0.3) is 11.0 Å². The molecule has 22 heavy (non-hydrogen) atoms. The predicted octanol–water partition coefficient (Wildman–Crippen LogP) is 2.44. The number of nitrogens with one attached hydrogen (secondary N) is 1. The maximum Gasteiger partial charge on any atom is 0.256 e. The molecule has 3 heterocycles. The molecular formula is C15H17N5O2. The van der Waals surface area contributed by atoms with E-state index < -0.39 is 0 Å². The minimum Gasteiger partial charge on any atom is -0.359 e. The second kappa shape index (κ2) is 4.94. The Morgan fingerprint density at radius 2 is 1.95 bits per heavy atom. The van der Waals surface area contributed by atoms with Crippen LogP contribution >= 0.6 is 0 Å². The number of carbonyl (C=O) groups excluding carboxylic acids is 1. The van der Waals surface area contributed by atoms with Gasteiger partial charge in [-0.3, -0.25) is 9.48 Å². The molecule has 1 amide bonds. The highest BCUT2D eigenvalue weighted by Gasteiger charge is 2.20. The highest BCUT2D eigenvalue weighted by atomic mass is 16.5. The summed E-state index contributed by atoms with van der Waals surface area (Å²) in [5.74, 6) is 0.358. The number of anilines is 1. The zero-order valence-corrected chi connectivity index (χ0v) is 13.2. The van der Waals surface area contributed by atoms with Gasteiger partial charge in [0, 0.05) is 12.7 Å². The van der Waals surface area contributed by atoms with Gasteiger partial charge in [-0.15, -0.1) is 0 Å². The zero-order valence-electron chi connectivity index (χ0n) is 13.2. The molecule has 0 spiro atoms. The van der Waals surface area contributed by atoms with E-state index in [-0.39, 0.29) is 5.91 Å². The number of aryl methyl sites for hydroxylation is 5. The number of hydrogen-bond acceptors (Lipinski definition) is 5. The minimum absolute atomic E-state index is 0.221. The molecule has 3 rings (SSSR count). The Morgan fingerprint density at radius 1 is 1.23 bits per heavy atom. The van der Waals surface area contributed by atoms with Crippen LogP contribution in [0, 0.1) is 27.7 Å². The molecule has 0 aromatic carbocycles. The normalized spacial score (nSPS) is 11.1. The first-order valence-corrected chi connectivity index (χ1v) is 6.93. The molecule has 3 aromatic rings. The molecule has 0 fully saturated rings. The lowest BCUT2D eigenvalue weighted by Crippen LogP contribution is -2.14. The highest BCUT2D eigenvalue weighted by molar-refractivity contribution is 6.13. The summed E-state index contributed by atoms with van der Waals surface area (Å²) < 4.78 is 6.76. The van der Waals surface area contributed by atoms with Crippen molar-refractivity contribution in [1.29, 1.82) is 0 Å². The Kier molecular flexibility index (Phi) is 3.20. The third-order valence-corrected chi connectivity index (χ3v) is 3.61. The van der Waals surface area contributed by atoms with Crippen molar-refractivity contribution in [2.75, 3.05) is 5.32 Å². The van der Waals surface area contributed by atoms with Gasteiger partial charge in [-0.2, -0.15) is 5.10 Å². The van der Waals surface area contributed by atoms with Crippen molar-refractivity contribution in [3.05, 3.63) is 34.5 Å². The van der Waals surface area contributed by atoms with E-state index in [4.69, 9.17) is 4.52 Å². The summed E-state index contributed by atoms with van der Waals surface area (Å²) in [6.07, 6.45) is 0. The maximum absolute atomic E-state index is 12.7. The molecule has 0 aliphatic heterocycles. The Labute approximate surface area is 127 Å². The number of hydrogen-bond donors (Lipinski definition) is 1. The van der Waals surface area contributed by atoms with Gasteiger partial charge >= 0.3 is 0 Å². The minimum atomic E-state index is -0.221. The van der Waals surface area contributed by atoms with Gasteiger partial charge in [0.2, 0.25) is 0 Å². The zero-order chi connectivity index (χ0) is 16.0. The van der Waals surface area contributed by atoms with Gasteiger partial charge in [0.25, 0.3) is 5.91 Å². The van der Waals surface area contributed by atoms with E-state index in [0.717, 1.165) is 16.8 Å². The lowest BCUT2D eigenvalue weighted by atomic mass is 10.1. The van der Waals surface area contributed by atoms with Crippen molar-refractivity contribution in [3.8, 4) is 0 Å². The van der Waals surface area contributed by atoms with Crippen molar-refractivity contribution < 1.29 is 9.32 Å². The van der Waals surface area contributed by atoms with Crippen molar-refractivity contribution in [2.24, 2.45) is 7.05 Å². The number of rotatable bonds is 2. The molecule has 0 aliphatic rings. The van der Waals surface area contributed by atoms with Crippen LogP contribution in [0.1, 0.15) is 33.2 Å². The average Bonchev–Trinajstić information content (AvgIpc) is 2.92. The fourth-order valence-electron chi connectivity index (χ4n) is 2.59. The Balaban J connectivity index is 2.12. The van der Waals surface area contributed by atoms with Crippen LogP contribution in [-0.2, 0) is 7.05 Å². The first-order valence-electron chi connectivity index (χ1n) is 6.93. The van der Waals surface area contributed by atoms with E-state index in [0.29, 0.717) is 28.4 Å². The molecule has 0 saturated heterocycles. The van der Waals surface area contributed by atoms with Crippen LogP contribution in [0.2, 0.25) is 0 Å². The summed E-state index contributed by atoms with van der Waals surface area (Å²) in [6.45, 7) is 7.27. The van der Waals surface area contributed by atoms with Crippen LogP contribution in [-0.4, -0.2) is 25.8 Å². The molecule has 1 N–H and O–H groups in total. The third kappa shape index (κ3) is 2.14. The Morgan fingerprint density at radius 3 is 2.59 bits per heavy atom. The lowest BCUT2D eigenvalue weighted by Gasteiger charge is -2.07. The highest BCUT2D eigenvalue weighted by Crippen LogP contribution is 2.24. The van der Waals surface area contributed by atoms with Crippen LogP contribution in [0.5, 0.6) is 0 Å². The summed E-state index contributed by atoms with van der Waals surface area (Å²) in [5, 5.41) is 11.8. The van der Waals surface area contributed by atoms with Crippen LogP contribution in [0.3, 0.4) is 0 Å². The first kappa shape index (κ1) is 14.2. The Hall–Kier alpha value is -2.70. The molecule has 0 radical (unpaired) electrons. The molecule has 7 nitrogen and oxygen atoms in total. The van der Waals surface area contributed by atoms with Gasteiger partial charge in [0.15, 0.2) is 11.4 Å². The van der Waals surface area contributed by atoms with E-state index >= 15 is 0 Å². The van der Waals surface area contributed by atoms with E-state index in [2.05, 4.69) is 20.6 Å². The smallest absolute Gasteiger partial charge is 0.256 e. The molecule has 7 heteroatoms. The van der Waals surface area contributed by atoms with E-state index in [1.807, 2.05) is 20.9 Å². The van der Waals surface area contributed by atoms with Crippen molar-refractivity contribution in [1.82, 2.24) is 19.9 Å². The van der Waals surface area contributed by atoms with Crippen molar-refractivity contribution >= 4 is 22.6 Å². The number of nitrogens with zero attached hydrogens (tertiary/aromatic N) is 4. The van der Waals surface area contributed by atoms with Gasteiger partial charge < -0.3 is 9.84 Å². The molecule has 0 saturated carbocycles. The second-order valence-electron chi connectivity index (χ2n) is 5.37. The lowest BCUT2D eigenvalue weighted by molar-refractivity contribution is 0.102. The van der Waals surface area contributed by atoms with Crippen molar-refractivity contribution in [3.63, 3.8) is 0 Å². The third-order valence-electron chi connectivity index (χ3n) is 3.61. The summed E-state index contributed by atoms with van der Waals surface area (Å²) in [6, 6.07) is 1.77. The number of aromatic nitrogens is 4. The maximum atomic E-state index is 12.7. The summed E-state index contributed by atoms with van der Waals surface area (Å²) in [4.78, 5) is 17.2. The SMILES string of the molecule is Cc1cc(C(=O)Nc2c(C)noc2C)c2c(C)nn(C)c2n1. The first-order chi connectivity index (χ1) is 10.4. The largest absolute Gasteiger partial charge is 0.359 e. The van der Waals surface area contributed by atoms with Gasteiger partial charge in [0.05, 0.1) is 16.6 Å². The topological polar surface area (TPSA) is 85.8 Å². The second-order valence-corrected chi connectivity index (χ2v) is 5.37. The van der Waals surface area contributed by atoms with Gasteiger partial charge in [0.1, 0.15) is 11.4 Å². The van der Waals surface area contributed by atoms with Gasteiger partial charge in [-0.25, -0.2) is 4.98 Å². The number of fused-ring (bicyclic) bond motifs is 1. The van der Waals surface area contributed by atoms with Crippen LogP contribution < -0.4 is 5.32 Å². The number of carbonyl (C=O) groups is 1. The van der Waals surface area contributed by atoms with E-state index in [1.54, 1.807) is 24.6 Å². The van der Waals surface area contributed by atoms with Crippen molar-refractivity contribution in [2.45, 2.75) is 27.7 Å².